The molecule has 0 amide bonds. The van der Waals surface area contributed by atoms with Crippen molar-refractivity contribution >= 4 is 28.9 Å². The zero-order valence-electron chi connectivity index (χ0n) is 11.0. The van der Waals surface area contributed by atoms with E-state index in [2.05, 4.69) is 20.2 Å². The molecule has 1 heterocycles. The summed E-state index contributed by atoms with van der Waals surface area (Å²) in [7, 11) is 0. The lowest BCUT2D eigenvalue weighted by molar-refractivity contribution is 1.04. The van der Waals surface area contributed by atoms with Crippen LogP contribution in [-0.2, 0) is 0 Å². The summed E-state index contributed by atoms with van der Waals surface area (Å²) in [5.74, 6) is 0.239. The van der Waals surface area contributed by atoms with E-state index in [1.165, 1.54) is 0 Å². The average molecular weight is 276 g/mol. The van der Waals surface area contributed by atoms with Crippen molar-refractivity contribution in [2.24, 2.45) is 10.2 Å². The molecule has 0 fully saturated rings. The number of nitrogen functional groups attached to an aromatic ring is 1. The molecule has 0 spiro atoms. The quantitative estimate of drug-likeness (QED) is 0.840. The van der Waals surface area contributed by atoms with Crippen LogP contribution in [0.1, 0.15) is 17.0 Å². The number of aromatic nitrogens is 2. The van der Waals surface area contributed by atoms with Crippen molar-refractivity contribution in [3.63, 3.8) is 0 Å². The van der Waals surface area contributed by atoms with Crippen molar-refractivity contribution in [2.45, 2.75) is 20.8 Å². The van der Waals surface area contributed by atoms with E-state index in [9.17, 15) is 0 Å². The van der Waals surface area contributed by atoms with Gasteiger partial charge in [0.25, 0.3) is 0 Å². The van der Waals surface area contributed by atoms with Crippen LogP contribution in [-0.4, -0.2) is 9.97 Å². The SMILES string of the molecule is Cc1cccc(Cl)c1N=Nc1c(C)nc(N)nc1C. The smallest absolute Gasteiger partial charge is 0.220 e. The van der Waals surface area contributed by atoms with Crippen molar-refractivity contribution in [2.75, 3.05) is 5.73 Å². The third kappa shape index (κ3) is 2.88. The monoisotopic (exact) mass is 275 g/mol. The van der Waals surface area contributed by atoms with Crippen molar-refractivity contribution in [3.05, 3.63) is 40.2 Å². The van der Waals surface area contributed by atoms with Crippen molar-refractivity contribution in [1.29, 1.82) is 0 Å². The summed E-state index contributed by atoms with van der Waals surface area (Å²) in [5.41, 5.74) is 9.19. The topological polar surface area (TPSA) is 76.5 Å². The van der Waals surface area contributed by atoms with E-state index in [4.69, 9.17) is 17.3 Å². The van der Waals surface area contributed by atoms with Gasteiger partial charge in [0.2, 0.25) is 5.95 Å². The number of benzene rings is 1. The van der Waals surface area contributed by atoms with Gasteiger partial charge in [0.15, 0.2) is 0 Å². The van der Waals surface area contributed by atoms with E-state index in [0.717, 1.165) is 5.56 Å². The fraction of sp³-hybridized carbons (Fsp3) is 0.231. The van der Waals surface area contributed by atoms with Crippen LogP contribution < -0.4 is 5.73 Å². The van der Waals surface area contributed by atoms with Crippen LogP contribution in [0.3, 0.4) is 0 Å². The summed E-state index contributed by atoms with van der Waals surface area (Å²) < 4.78 is 0. The number of anilines is 1. The lowest BCUT2D eigenvalue weighted by Crippen LogP contribution is -1.98. The Bertz CT molecular complexity index is 608. The number of halogens is 1. The maximum absolute atomic E-state index is 6.10. The van der Waals surface area contributed by atoms with Crippen molar-refractivity contribution in [3.8, 4) is 0 Å². The molecule has 98 valence electrons. The van der Waals surface area contributed by atoms with E-state index in [-0.39, 0.29) is 5.95 Å². The summed E-state index contributed by atoms with van der Waals surface area (Å²) in [6.07, 6.45) is 0. The van der Waals surface area contributed by atoms with Crippen LogP contribution in [0.25, 0.3) is 0 Å². The third-order valence-electron chi connectivity index (χ3n) is 2.69. The second-order valence-electron chi connectivity index (χ2n) is 4.21. The Morgan fingerprint density at radius 1 is 1.00 bits per heavy atom. The molecule has 0 aliphatic rings. The van der Waals surface area contributed by atoms with E-state index >= 15 is 0 Å². The minimum atomic E-state index is 0.239. The standard InChI is InChI=1S/C13H14ClN5/c1-7-5-4-6-10(14)11(7)18-19-12-8(2)16-13(15)17-9(12)3/h4-6H,1-3H3,(H2,15,16,17). The van der Waals surface area contributed by atoms with E-state index in [1.807, 2.05) is 32.9 Å². The first-order valence-electron chi connectivity index (χ1n) is 5.76. The van der Waals surface area contributed by atoms with Crippen LogP contribution in [0.15, 0.2) is 28.4 Å². The highest BCUT2D eigenvalue weighted by molar-refractivity contribution is 6.33. The van der Waals surface area contributed by atoms with Crippen LogP contribution >= 0.6 is 11.6 Å². The predicted octanol–water partition coefficient (Wildman–Crippen LogP) is 4.05. The summed E-state index contributed by atoms with van der Waals surface area (Å²) in [6.45, 7) is 5.57. The maximum Gasteiger partial charge on any atom is 0.220 e. The molecular weight excluding hydrogens is 262 g/mol. The first kappa shape index (κ1) is 13.4. The molecular formula is C13H14ClN5. The third-order valence-corrected chi connectivity index (χ3v) is 2.99. The van der Waals surface area contributed by atoms with Crippen molar-refractivity contribution < 1.29 is 0 Å². The van der Waals surface area contributed by atoms with Gasteiger partial charge >= 0.3 is 0 Å². The molecule has 6 heteroatoms. The van der Waals surface area contributed by atoms with Gasteiger partial charge in [-0.15, -0.1) is 10.2 Å². The second kappa shape index (κ2) is 5.32. The van der Waals surface area contributed by atoms with Gasteiger partial charge in [0, 0.05) is 0 Å². The number of hydrogen-bond acceptors (Lipinski definition) is 5. The Morgan fingerprint density at radius 2 is 1.58 bits per heavy atom. The normalized spacial score (nSPS) is 11.2. The first-order valence-corrected chi connectivity index (χ1v) is 6.14. The summed E-state index contributed by atoms with van der Waals surface area (Å²) in [4.78, 5) is 8.14. The fourth-order valence-electron chi connectivity index (χ4n) is 1.73. The molecule has 2 rings (SSSR count). The Morgan fingerprint density at radius 3 is 2.16 bits per heavy atom. The number of nitrogens with zero attached hydrogens (tertiary/aromatic N) is 4. The second-order valence-corrected chi connectivity index (χ2v) is 4.61. The summed E-state index contributed by atoms with van der Waals surface area (Å²) >= 11 is 6.10. The van der Waals surface area contributed by atoms with Gasteiger partial charge in [-0.1, -0.05) is 23.7 Å². The van der Waals surface area contributed by atoms with Gasteiger partial charge in [0.1, 0.15) is 11.4 Å². The molecule has 0 radical (unpaired) electrons. The number of nitrogens with two attached hydrogens (primary N) is 1. The highest BCUT2D eigenvalue weighted by Crippen LogP contribution is 2.31. The molecule has 2 aromatic rings. The average Bonchev–Trinajstić information content (AvgIpc) is 2.31. The molecule has 2 N–H and O–H groups in total. The van der Waals surface area contributed by atoms with E-state index in [1.54, 1.807) is 6.07 Å². The Kier molecular flexibility index (Phi) is 3.76. The molecule has 1 aromatic carbocycles. The molecule has 19 heavy (non-hydrogen) atoms. The molecule has 0 aliphatic carbocycles. The zero-order chi connectivity index (χ0) is 14.0. The van der Waals surface area contributed by atoms with Crippen LogP contribution in [0.2, 0.25) is 5.02 Å². The largest absolute Gasteiger partial charge is 0.368 e. The predicted molar refractivity (Wildman–Crippen MR) is 76.3 cm³/mol. The Labute approximate surface area is 116 Å². The van der Waals surface area contributed by atoms with Crippen LogP contribution in [0.5, 0.6) is 0 Å². The highest BCUT2D eigenvalue weighted by atomic mass is 35.5. The molecule has 0 saturated heterocycles. The number of rotatable bonds is 2. The van der Waals surface area contributed by atoms with Crippen molar-refractivity contribution in [1.82, 2.24) is 9.97 Å². The molecule has 0 saturated carbocycles. The lowest BCUT2D eigenvalue weighted by Gasteiger charge is -2.04. The van der Waals surface area contributed by atoms with Gasteiger partial charge in [-0.05, 0) is 32.4 Å². The molecule has 1 aromatic heterocycles. The van der Waals surface area contributed by atoms with E-state index < -0.39 is 0 Å². The molecule has 0 atom stereocenters. The summed E-state index contributed by atoms with van der Waals surface area (Å²) in [6, 6.07) is 5.58. The Balaban J connectivity index is 2.44. The van der Waals surface area contributed by atoms with E-state index in [0.29, 0.717) is 27.8 Å². The number of aryl methyl sites for hydroxylation is 3. The molecule has 0 aliphatic heterocycles. The number of azo groups is 1. The first-order chi connectivity index (χ1) is 8.99. The maximum atomic E-state index is 6.10. The minimum Gasteiger partial charge on any atom is -0.368 e. The lowest BCUT2D eigenvalue weighted by atomic mass is 10.2. The van der Waals surface area contributed by atoms with Crippen LogP contribution in [0.4, 0.5) is 17.3 Å². The number of hydrogen-bond donors (Lipinski definition) is 1. The molecule has 0 unspecified atom stereocenters. The van der Waals surface area contributed by atoms with Gasteiger partial charge < -0.3 is 5.73 Å². The molecule has 5 nitrogen and oxygen atoms in total. The minimum absolute atomic E-state index is 0.239. The summed E-state index contributed by atoms with van der Waals surface area (Å²) in [5, 5.41) is 8.96. The van der Waals surface area contributed by atoms with Gasteiger partial charge in [0.05, 0.1) is 16.4 Å². The van der Waals surface area contributed by atoms with Gasteiger partial charge in [-0.3, -0.25) is 0 Å². The van der Waals surface area contributed by atoms with Gasteiger partial charge in [-0.25, -0.2) is 9.97 Å². The fourth-order valence-corrected chi connectivity index (χ4v) is 1.99. The highest BCUT2D eigenvalue weighted by Gasteiger charge is 2.07. The van der Waals surface area contributed by atoms with Crippen LogP contribution in [0, 0.1) is 20.8 Å². The Hall–Kier alpha value is -2.01. The van der Waals surface area contributed by atoms with Gasteiger partial charge in [-0.2, -0.15) is 0 Å². The zero-order valence-corrected chi connectivity index (χ0v) is 11.7. The molecule has 0 bridgehead atoms.